The number of aromatic nitrogens is 2. The molecule has 2 N–H and O–H groups in total. The number of amides is 1. The van der Waals surface area contributed by atoms with Gasteiger partial charge in [0.25, 0.3) is 0 Å². The summed E-state index contributed by atoms with van der Waals surface area (Å²) in [7, 11) is 2.16. The van der Waals surface area contributed by atoms with Crippen LogP contribution in [0.15, 0.2) is 48.7 Å². The van der Waals surface area contributed by atoms with Crippen molar-refractivity contribution in [3.63, 3.8) is 0 Å². The molecule has 182 valence electrons. The first-order valence-corrected chi connectivity index (χ1v) is 12.4. The fourth-order valence-electron chi connectivity index (χ4n) is 4.88. The molecule has 1 amide bonds. The Hall–Kier alpha value is -3.16. The van der Waals surface area contributed by atoms with Gasteiger partial charge in [0.05, 0.1) is 22.3 Å². The van der Waals surface area contributed by atoms with Crippen LogP contribution in [0.1, 0.15) is 30.7 Å². The lowest BCUT2D eigenvalue weighted by Gasteiger charge is -2.34. The van der Waals surface area contributed by atoms with Crippen molar-refractivity contribution in [2.24, 2.45) is 0 Å². The average Bonchev–Trinajstić information content (AvgIpc) is 3.09. The van der Waals surface area contributed by atoms with Crippen molar-refractivity contribution < 1.29 is 4.79 Å². The molecule has 2 aliphatic heterocycles. The Morgan fingerprint density at radius 2 is 1.80 bits per heavy atom. The van der Waals surface area contributed by atoms with E-state index in [0.29, 0.717) is 17.4 Å². The number of hydrogen-bond donors (Lipinski definition) is 2. The van der Waals surface area contributed by atoms with Crippen molar-refractivity contribution in [3.8, 4) is 0 Å². The van der Waals surface area contributed by atoms with Gasteiger partial charge in [-0.05, 0) is 75.2 Å². The summed E-state index contributed by atoms with van der Waals surface area (Å²) in [6, 6.07) is 14.4. The highest BCUT2D eigenvalue weighted by Crippen LogP contribution is 2.40. The lowest BCUT2D eigenvalue weighted by Crippen LogP contribution is -2.44. The molecular formula is C27H31ClN6O. The van der Waals surface area contributed by atoms with E-state index in [1.165, 1.54) is 5.69 Å². The molecule has 0 unspecified atom stereocenters. The number of fused-ring (bicyclic) bond motifs is 1. The van der Waals surface area contributed by atoms with E-state index in [0.717, 1.165) is 60.8 Å². The molecule has 2 aromatic carbocycles. The maximum atomic E-state index is 12.4. The van der Waals surface area contributed by atoms with Gasteiger partial charge in [-0.25, -0.2) is 9.97 Å². The normalized spacial score (nSPS) is 17.3. The molecular weight excluding hydrogens is 460 g/mol. The third-order valence-corrected chi connectivity index (χ3v) is 7.35. The Balaban J connectivity index is 1.27. The molecule has 1 aromatic heterocycles. The molecule has 0 saturated carbocycles. The fraction of sp³-hybridized carbons (Fsp3) is 0.370. The summed E-state index contributed by atoms with van der Waals surface area (Å²) >= 11 is 6.45. The minimum absolute atomic E-state index is 0.0325. The number of benzene rings is 2. The first-order chi connectivity index (χ1) is 16.8. The molecule has 1 fully saturated rings. The predicted octanol–water partition coefficient (Wildman–Crippen LogP) is 4.64. The molecule has 0 atom stereocenters. The molecule has 0 radical (unpaired) electrons. The maximum absolute atomic E-state index is 12.4. The van der Waals surface area contributed by atoms with E-state index >= 15 is 0 Å². The number of hydrogen-bond acceptors (Lipinski definition) is 6. The summed E-state index contributed by atoms with van der Waals surface area (Å²) in [5, 5.41) is 6.84. The van der Waals surface area contributed by atoms with Crippen molar-refractivity contribution in [1.82, 2.24) is 14.9 Å². The third-order valence-electron chi connectivity index (χ3n) is 7.03. The second-order valence-electron chi connectivity index (χ2n) is 9.87. The van der Waals surface area contributed by atoms with Crippen LogP contribution in [0.5, 0.6) is 0 Å². The Bertz CT molecular complexity index is 1230. The van der Waals surface area contributed by atoms with Gasteiger partial charge in [0.2, 0.25) is 11.9 Å². The Kier molecular flexibility index (Phi) is 6.38. The number of anilines is 4. The van der Waals surface area contributed by atoms with E-state index < -0.39 is 5.41 Å². The van der Waals surface area contributed by atoms with Gasteiger partial charge in [0, 0.05) is 43.2 Å². The van der Waals surface area contributed by atoms with Crippen molar-refractivity contribution in [2.45, 2.75) is 32.1 Å². The van der Waals surface area contributed by atoms with Crippen molar-refractivity contribution in [3.05, 3.63) is 70.5 Å². The van der Waals surface area contributed by atoms with Crippen LogP contribution < -0.4 is 15.5 Å². The van der Waals surface area contributed by atoms with Gasteiger partial charge in [0.1, 0.15) is 0 Å². The molecule has 3 aromatic rings. The van der Waals surface area contributed by atoms with E-state index in [9.17, 15) is 4.79 Å². The summed E-state index contributed by atoms with van der Waals surface area (Å²) in [6.45, 7) is 8.17. The number of aryl methyl sites for hydroxylation is 2. The minimum Gasteiger partial charge on any atom is -0.369 e. The van der Waals surface area contributed by atoms with Crippen LogP contribution in [0.25, 0.3) is 0 Å². The summed E-state index contributed by atoms with van der Waals surface area (Å²) in [6.07, 6.45) is 3.03. The number of likely N-dealkylation sites (N-methyl/N-ethyl adjacent to an activating group) is 1. The highest BCUT2D eigenvalue weighted by molar-refractivity contribution is 6.31. The highest BCUT2D eigenvalue weighted by atomic mass is 35.5. The third kappa shape index (κ3) is 4.83. The Labute approximate surface area is 211 Å². The van der Waals surface area contributed by atoms with Crippen LogP contribution >= 0.6 is 11.6 Å². The van der Waals surface area contributed by atoms with E-state index in [1.54, 1.807) is 6.20 Å². The number of rotatable bonds is 6. The zero-order valence-electron chi connectivity index (χ0n) is 20.4. The highest BCUT2D eigenvalue weighted by Gasteiger charge is 2.39. The largest absolute Gasteiger partial charge is 0.369 e. The zero-order valence-corrected chi connectivity index (χ0v) is 21.2. The van der Waals surface area contributed by atoms with Crippen LogP contribution in [0, 0.1) is 0 Å². The zero-order chi connectivity index (χ0) is 24.6. The monoisotopic (exact) mass is 490 g/mol. The molecule has 2 aliphatic rings. The number of nitrogens with zero attached hydrogens (tertiary/aromatic N) is 4. The number of piperazine rings is 1. The van der Waals surface area contributed by atoms with Gasteiger partial charge in [-0.15, -0.1) is 0 Å². The molecule has 5 rings (SSSR count). The van der Waals surface area contributed by atoms with E-state index in [1.807, 2.05) is 26.0 Å². The Morgan fingerprint density at radius 1 is 1.06 bits per heavy atom. The molecule has 0 spiro atoms. The van der Waals surface area contributed by atoms with Crippen molar-refractivity contribution in [2.75, 3.05) is 48.8 Å². The Morgan fingerprint density at radius 3 is 2.54 bits per heavy atom. The lowest BCUT2D eigenvalue weighted by atomic mass is 9.82. The molecule has 0 aliphatic carbocycles. The number of halogens is 1. The standard InChI is InChI=1S/C27H31ClN6O/c1-27(2)24-18(5-4-6-23(24)31-25(27)35)7-12-22-21(28)17-29-26(32-22)30-19-8-10-20(11-9-19)34-15-13-33(3)14-16-34/h4-6,8-11,17H,7,12-16H2,1-3H3,(H,31,35)(H,29,30,32). The van der Waals surface area contributed by atoms with Crippen molar-refractivity contribution in [1.29, 1.82) is 0 Å². The van der Waals surface area contributed by atoms with Crippen LogP contribution in [0.4, 0.5) is 23.0 Å². The van der Waals surface area contributed by atoms with Crippen LogP contribution in [0.2, 0.25) is 5.02 Å². The summed E-state index contributed by atoms with van der Waals surface area (Å²) in [4.78, 5) is 26.2. The van der Waals surface area contributed by atoms with Gasteiger partial charge < -0.3 is 20.4 Å². The molecule has 35 heavy (non-hydrogen) atoms. The van der Waals surface area contributed by atoms with Crippen LogP contribution in [-0.4, -0.2) is 54.0 Å². The van der Waals surface area contributed by atoms with Crippen LogP contribution in [-0.2, 0) is 23.1 Å². The SMILES string of the molecule is CN1CCN(c2ccc(Nc3ncc(Cl)c(CCc4cccc5c4C(C)(C)C(=O)N5)n3)cc2)CC1. The van der Waals surface area contributed by atoms with Gasteiger partial charge >= 0.3 is 0 Å². The minimum atomic E-state index is -0.551. The average molecular weight is 491 g/mol. The number of carbonyl (C=O) groups is 1. The smallest absolute Gasteiger partial charge is 0.234 e. The van der Waals surface area contributed by atoms with E-state index in [2.05, 4.69) is 62.8 Å². The second-order valence-corrected chi connectivity index (χ2v) is 10.3. The lowest BCUT2D eigenvalue weighted by molar-refractivity contribution is -0.119. The van der Waals surface area contributed by atoms with Gasteiger partial charge in [0.15, 0.2) is 0 Å². The topological polar surface area (TPSA) is 73.4 Å². The van der Waals surface area contributed by atoms with E-state index in [4.69, 9.17) is 16.6 Å². The maximum Gasteiger partial charge on any atom is 0.234 e. The molecule has 0 bridgehead atoms. The molecule has 3 heterocycles. The molecule has 8 heteroatoms. The molecule has 1 saturated heterocycles. The molecule has 7 nitrogen and oxygen atoms in total. The van der Waals surface area contributed by atoms with Gasteiger partial charge in [-0.1, -0.05) is 23.7 Å². The predicted molar refractivity (Wildman–Crippen MR) is 142 cm³/mol. The van der Waals surface area contributed by atoms with E-state index in [-0.39, 0.29) is 5.91 Å². The summed E-state index contributed by atoms with van der Waals surface area (Å²) < 4.78 is 0. The van der Waals surface area contributed by atoms with Crippen molar-refractivity contribution >= 4 is 40.5 Å². The quantitative estimate of drug-likeness (QED) is 0.524. The summed E-state index contributed by atoms with van der Waals surface area (Å²) in [5.74, 6) is 0.553. The number of nitrogens with one attached hydrogen (secondary N) is 2. The second kappa shape index (κ2) is 9.47. The van der Waals surface area contributed by atoms with Gasteiger partial charge in [-0.2, -0.15) is 0 Å². The van der Waals surface area contributed by atoms with Crippen LogP contribution in [0.3, 0.4) is 0 Å². The summed E-state index contributed by atoms with van der Waals surface area (Å²) in [5.41, 5.74) is 5.49. The fourth-order valence-corrected chi connectivity index (χ4v) is 5.07. The number of carbonyl (C=O) groups excluding carboxylic acids is 1. The van der Waals surface area contributed by atoms with Gasteiger partial charge in [-0.3, -0.25) is 4.79 Å². The first kappa shape index (κ1) is 23.6. The first-order valence-electron chi connectivity index (χ1n) is 12.1.